The van der Waals surface area contributed by atoms with E-state index >= 15 is 0 Å². The van der Waals surface area contributed by atoms with Gasteiger partial charge in [0.25, 0.3) is 0 Å². The second kappa shape index (κ2) is 9.65. The minimum atomic E-state index is 0.144. The molecule has 1 aliphatic heterocycles. The van der Waals surface area contributed by atoms with Crippen molar-refractivity contribution in [2.24, 2.45) is 5.92 Å². The van der Waals surface area contributed by atoms with Gasteiger partial charge in [-0.1, -0.05) is 43.3 Å². The fraction of sp³-hybridized carbons (Fsp3) is 0.667. The second-order valence-electron chi connectivity index (χ2n) is 8.09. The Hall–Kier alpha value is -1.73. The Morgan fingerprint density at radius 3 is 2.61 bits per heavy atom. The lowest BCUT2D eigenvalue weighted by Gasteiger charge is -2.31. The summed E-state index contributed by atoms with van der Waals surface area (Å²) in [4.78, 5) is 20.5. The summed E-state index contributed by atoms with van der Waals surface area (Å²) >= 11 is 1.61. The molecule has 1 saturated heterocycles. The number of aromatic nitrogens is 2. The predicted octanol–water partition coefficient (Wildman–Crippen LogP) is 4.24. The largest absolute Gasteiger partial charge is 0.353 e. The van der Waals surface area contributed by atoms with Crippen LogP contribution in [-0.4, -0.2) is 40.1 Å². The van der Waals surface area contributed by atoms with Gasteiger partial charge in [0.2, 0.25) is 17.6 Å². The van der Waals surface area contributed by atoms with Crippen molar-refractivity contribution < 1.29 is 9.32 Å². The van der Waals surface area contributed by atoms with Crippen LogP contribution >= 0.6 is 11.3 Å². The monoisotopic (exact) mass is 402 g/mol. The Morgan fingerprint density at radius 2 is 1.89 bits per heavy atom. The molecule has 6 nitrogen and oxygen atoms in total. The normalized spacial score (nSPS) is 20.6. The summed E-state index contributed by atoms with van der Waals surface area (Å²) in [6.07, 6.45) is 10.6. The third kappa shape index (κ3) is 5.20. The molecule has 1 N–H and O–H groups in total. The zero-order chi connectivity index (χ0) is 19.2. The number of likely N-dealkylation sites (tertiary alicyclic amines) is 1. The summed E-state index contributed by atoms with van der Waals surface area (Å²) in [5, 5.41) is 9.43. The Labute approximate surface area is 170 Å². The molecule has 4 rings (SSSR count). The molecule has 2 aromatic rings. The zero-order valence-corrected chi connectivity index (χ0v) is 17.3. The lowest BCUT2D eigenvalue weighted by molar-refractivity contribution is -0.127. The molecule has 0 atom stereocenters. The molecule has 1 saturated carbocycles. The van der Waals surface area contributed by atoms with Crippen molar-refractivity contribution in [1.29, 1.82) is 0 Å². The van der Waals surface area contributed by atoms with Gasteiger partial charge in [-0.25, -0.2) is 0 Å². The van der Waals surface area contributed by atoms with E-state index < -0.39 is 0 Å². The number of hydrogen-bond donors (Lipinski definition) is 1. The van der Waals surface area contributed by atoms with E-state index in [4.69, 9.17) is 4.52 Å². The van der Waals surface area contributed by atoms with Crippen LogP contribution in [0.25, 0.3) is 10.7 Å². The predicted molar refractivity (Wildman–Crippen MR) is 110 cm³/mol. The highest BCUT2D eigenvalue weighted by atomic mass is 32.1. The van der Waals surface area contributed by atoms with Crippen LogP contribution in [0.2, 0.25) is 0 Å². The van der Waals surface area contributed by atoms with Crippen molar-refractivity contribution in [2.75, 3.05) is 13.1 Å². The Bertz CT molecular complexity index is 729. The minimum absolute atomic E-state index is 0.144. The zero-order valence-electron chi connectivity index (χ0n) is 16.4. The molecule has 1 aliphatic carbocycles. The molecule has 0 radical (unpaired) electrons. The first-order valence-corrected chi connectivity index (χ1v) is 11.5. The molecule has 0 unspecified atom stereocenters. The van der Waals surface area contributed by atoms with Crippen LogP contribution in [0.3, 0.4) is 0 Å². The van der Waals surface area contributed by atoms with Crippen LogP contribution in [-0.2, 0) is 11.3 Å². The van der Waals surface area contributed by atoms with Gasteiger partial charge in [0.1, 0.15) is 0 Å². The van der Waals surface area contributed by atoms with Crippen LogP contribution in [0.4, 0.5) is 0 Å². The van der Waals surface area contributed by atoms with Gasteiger partial charge in [-0.2, -0.15) is 4.98 Å². The number of thiophene rings is 1. The number of hydrogen-bond acceptors (Lipinski definition) is 6. The van der Waals surface area contributed by atoms with Crippen molar-refractivity contribution in [3.05, 3.63) is 23.4 Å². The second-order valence-corrected chi connectivity index (χ2v) is 9.04. The molecule has 0 bridgehead atoms. The summed E-state index contributed by atoms with van der Waals surface area (Å²) in [7, 11) is 0. The lowest BCUT2D eigenvalue weighted by Crippen LogP contribution is -2.43. The van der Waals surface area contributed by atoms with Gasteiger partial charge in [0, 0.05) is 12.0 Å². The number of carbonyl (C=O) groups excluding carboxylic acids is 1. The van der Waals surface area contributed by atoms with Gasteiger partial charge in [0.15, 0.2) is 0 Å². The fourth-order valence-electron chi connectivity index (χ4n) is 4.29. The molecule has 28 heavy (non-hydrogen) atoms. The molecule has 2 aliphatic rings. The average Bonchev–Trinajstić information content (AvgIpc) is 3.36. The quantitative estimate of drug-likeness (QED) is 0.810. The van der Waals surface area contributed by atoms with Crippen LogP contribution in [0, 0.1) is 5.92 Å². The van der Waals surface area contributed by atoms with Crippen molar-refractivity contribution in [3.63, 3.8) is 0 Å². The van der Waals surface area contributed by atoms with Gasteiger partial charge in [0.05, 0.1) is 11.4 Å². The average molecular weight is 403 g/mol. The van der Waals surface area contributed by atoms with Crippen molar-refractivity contribution >= 4 is 17.2 Å². The van der Waals surface area contributed by atoms with E-state index in [0.717, 1.165) is 43.6 Å². The SMILES string of the molecule is O=C(NC1CCCCCCC1)C1CCN(Cc2nc(-c3cccs3)no2)CC1. The third-order valence-corrected chi connectivity index (χ3v) is 6.84. The van der Waals surface area contributed by atoms with Gasteiger partial charge in [-0.3, -0.25) is 9.69 Å². The van der Waals surface area contributed by atoms with Crippen LogP contribution in [0.5, 0.6) is 0 Å². The summed E-state index contributed by atoms with van der Waals surface area (Å²) in [5.74, 6) is 1.73. The number of rotatable bonds is 5. The minimum Gasteiger partial charge on any atom is -0.353 e. The van der Waals surface area contributed by atoms with Gasteiger partial charge < -0.3 is 9.84 Å². The molecule has 0 aromatic carbocycles. The Morgan fingerprint density at radius 1 is 1.14 bits per heavy atom. The molecular formula is C21H30N4O2S. The first-order chi connectivity index (χ1) is 13.8. The van der Waals surface area contributed by atoms with Gasteiger partial charge in [-0.05, 0) is 50.2 Å². The van der Waals surface area contributed by atoms with Gasteiger partial charge in [-0.15, -0.1) is 11.3 Å². The van der Waals surface area contributed by atoms with E-state index in [-0.39, 0.29) is 11.8 Å². The van der Waals surface area contributed by atoms with E-state index in [1.807, 2.05) is 17.5 Å². The van der Waals surface area contributed by atoms with E-state index in [1.165, 1.54) is 32.1 Å². The summed E-state index contributed by atoms with van der Waals surface area (Å²) in [6.45, 7) is 2.47. The van der Waals surface area contributed by atoms with Crippen LogP contribution in [0.15, 0.2) is 22.0 Å². The van der Waals surface area contributed by atoms with Gasteiger partial charge >= 0.3 is 0 Å². The fourth-order valence-corrected chi connectivity index (χ4v) is 4.94. The van der Waals surface area contributed by atoms with E-state index in [9.17, 15) is 4.79 Å². The van der Waals surface area contributed by atoms with Crippen molar-refractivity contribution in [1.82, 2.24) is 20.4 Å². The first kappa shape index (κ1) is 19.6. The van der Waals surface area contributed by atoms with Crippen molar-refractivity contribution in [3.8, 4) is 10.7 Å². The highest BCUT2D eigenvalue weighted by Crippen LogP contribution is 2.24. The molecule has 3 heterocycles. The lowest BCUT2D eigenvalue weighted by atomic mass is 9.93. The molecule has 152 valence electrons. The summed E-state index contributed by atoms with van der Waals surface area (Å²) < 4.78 is 5.41. The van der Waals surface area contributed by atoms with E-state index in [1.54, 1.807) is 11.3 Å². The topological polar surface area (TPSA) is 71.3 Å². The van der Waals surface area contributed by atoms with Crippen LogP contribution < -0.4 is 5.32 Å². The Kier molecular flexibility index (Phi) is 6.75. The number of nitrogens with one attached hydrogen (secondary N) is 1. The van der Waals surface area contributed by atoms with E-state index in [2.05, 4.69) is 20.4 Å². The number of carbonyl (C=O) groups is 1. The maximum atomic E-state index is 12.7. The standard InChI is InChI=1S/C21H30N4O2S/c26-21(22-17-7-4-2-1-3-5-8-17)16-10-12-25(13-11-16)15-19-23-20(24-27-19)18-9-6-14-28-18/h6,9,14,16-17H,1-5,7-8,10-13,15H2,(H,22,26). The Balaban J connectivity index is 1.22. The summed E-state index contributed by atoms with van der Waals surface area (Å²) in [6, 6.07) is 4.38. The highest BCUT2D eigenvalue weighted by Gasteiger charge is 2.27. The molecule has 2 fully saturated rings. The smallest absolute Gasteiger partial charge is 0.241 e. The third-order valence-electron chi connectivity index (χ3n) is 5.98. The maximum absolute atomic E-state index is 12.7. The summed E-state index contributed by atoms with van der Waals surface area (Å²) in [5.41, 5.74) is 0. The van der Waals surface area contributed by atoms with E-state index in [0.29, 0.717) is 24.3 Å². The molecule has 1 amide bonds. The number of amides is 1. The maximum Gasteiger partial charge on any atom is 0.241 e. The first-order valence-electron chi connectivity index (χ1n) is 10.7. The molecule has 2 aromatic heterocycles. The highest BCUT2D eigenvalue weighted by molar-refractivity contribution is 7.13. The van der Waals surface area contributed by atoms with Crippen LogP contribution in [0.1, 0.15) is 63.7 Å². The molecule has 0 spiro atoms. The molecule has 7 heteroatoms. The van der Waals surface area contributed by atoms with Crippen molar-refractivity contribution in [2.45, 2.75) is 70.4 Å². The number of nitrogens with zero attached hydrogens (tertiary/aromatic N) is 3. The number of piperidine rings is 1. The molecular weight excluding hydrogens is 372 g/mol.